The zero-order chi connectivity index (χ0) is 37.9. The third-order valence-corrected chi connectivity index (χ3v) is 9.77. The standard InChI is InChI=1S/C36H42ClN10O6/c1-42-23-39-34(46(50)51)29(42)22-47(2,3)17-9-12-31(48)43-15-13-26(14-16-43)45-33-24(20-38-35(41-33)40-25-10-7-6-8-11-25)21-44(36(45)49)28-18-27(52-4)19-30(53-5)32(28)37/h6-12,18-20,23,26H,13-17,21-22H2,1-5H3,(H,38,40,41)/q+1/b12-9+. The van der Waals surface area contributed by atoms with Crippen LogP contribution in [0.4, 0.5) is 33.8 Å². The molecule has 0 aliphatic carbocycles. The Morgan fingerprint density at radius 3 is 2.55 bits per heavy atom. The number of carbonyl (C=O) groups is 2. The molecule has 1 fully saturated rings. The highest BCUT2D eigenvalue weighted by atomic mass is 35.5. The summed E-state index contributed by atoms with van der Waals surface area (Å²) in [6.45, 7) is 1.83. The van der Waals surface area contributed by atoms with Crippen LogP contribution >= 0.6 is 11.6 Å². The molecule has 1 N–H and O–H groups in total. The number of ether oxygens (including phenoxy) is 2. The van der Waals surface area contributed by atoms with Crippen LogP contribution in [0.15, 0.2) is 67.1 Å². The highest BCUT2D eigenvalue weighted by molar-refractivity contribution is 6.35. The Balaban J connectivity index is 1.20. The number of aryl methyl sites for hydroxylation is 1. The third kappa shape index (κ3) is 8.03. The van der Waals surface area contributed by atoms with Crippen molar-refractivity contribution in [3.63, 3.8) is 0 Å². The lowest BCUT2D eigenvalue weighted by atomic mass is 10.0. The van der Waals surface area contributed by atoms with Crippen LogP contribution in [0.25, 0.3) is 0 Å². The zero-order valence-electron chi connectivity index (χ0n) is 30.2. The molecule has 2 aromatic carbocycles. The second-order valence-corrected chi connectivity index (χ2v) is 13.9. The minimum Gasteiger partial charge on any atom is -0.497 e. The molecule has 0 radical (unpaired) electrons. The summed E-state index contributed by atoms with van der Waals surface area (Å²) in [5.41, 5.74) is 2.46. The van der Waals surface area contributed by atoms with E-state index >= 15 is 0 Å². The number of likely N-dealkylation sites (N-methyl/N-ethyl adjacent to an activating group) is 1. The summed E-state index contributed by atoms with van der Waals surface area (Å²) in [5, 5.41) is 14.9. The fourth-order valence-electron chi connectivity index (χ4n) is 6.56. The Bertz CT molecular complexity index is 2030. The van der Waals surface area contributed by atoms with Crippen molar-refractivity contribution in [3.8, 4) is 11.5 Å². The first-order chi connectivity index (χ1) is 25.4. The Morgan fingerprint density at radius 1 is 1.13 bits per heavy atom. The second-order valence-electron chi connectivity index (χ2n) is 13.6. The molecule has 4 heterocycles. The number of methoxy groups -OCH3 is 2. The van der Waals surface area contributed by atoms with Crippen molar-refractivity contribution in [2.24, 2.45) is 7.05 Å². The smallest absolute Gasteiger partial charge is 0.390 e. The Kier molecular flexibility index (Phi) is 10.8. The molecule has 1 saturated heterocycles. The summed E-state index contributed by atoms with van der Waals surface area (Å²) in [4.78, 5) is 57.2. The number of para-hydroxylation sites is 1. The molecule has 0 atom stereocenters. The number of carbonyl (C=O) groups excluding carboxylic acids is 2. The maximum atomic E-state index is 14.5. The van der Waals surface area contributed by atoms with E-state index in [1.54, 1.807) is 56.8 Å². The average Bonchev–Trinajstić information content (AvgIpc) is 3.51. The number of piperidine rings is 1. The van der Waals surface area contributed by atoms with Crippen molar-refractivity contribution in [2.45, 2.75) is 32.0 Å². The first-order valence-corrected chi connectivity index (χ1v) is 17.4. The fraction of sp³-hybridized carbons (Fsp3) is 0.361. The van der Waals surface area contributed by atoms with E-state index < -0.39 is 4.92 Å². The Morgan fingerprint density at radius 2 is 1.87 bits per heavy atom. The van der Waals surface area contributed by atoms with Gasteiger partial charge in [0.15, 0.2) is 5.69 Å². The van der Waals surface area contributed by atoms with Gasteiger partial charge in [-0.2, -0.15) is 4.98 Å². The van der Waals surface area contributed by atoms with Crippen LogP contribution in [0.3, 0.4) is 0 Å². The van der Waals surface area contributed by atoms with Crippen LogP contribution in [0.1, 0.15) is 24.1 Å². The summed E-state index contributed by atoms with van der Waals surface area (Å²) in [5.74, 6) is 1.37. The van der Waals surface area contributed by atoms with Crippen molar-refractivity contribution >= 4 is 52.5 Å². The van der Waals surface area contributed by atoms with Gasteiger partial charge < -0.3 is 38.9 Å². The molecule has 0 spiro atoms. The number of nitrogens with one attached hydrogen (secondary N) is 1. The van der Waals surface area contributed by atoms with Crippen LogP contribution in [-0.4, -0.2) is 99.8 Å². The summed E-state index contributed by atoms with van der Waals surface area (Å²) in [7, 11) is 8.63. The number of likely N-dealkylation sites (tertiary alicyclic amines) is 1. The molecule has 278 valence electrons. The van der Waals surface area contributed by atoms with E-state index in [4.69, 9.17) is 26.1 Å². The molecular formula is C36H42ClN10O6+. The van der Waals surface area contributed by atoms with Crippen molar-refractivity contribution in [2.75, 3.05) is 63.1 Å². The minimum absolute atomic E-state index is 0.145. The summed E-state index contributed by atoms with van der Waals surface area (Å²) < 4.78 is 13.0. The van der Waals surface area contributed by atoms with Crippen LogP contribution in [0, 0.1) is 10.1 Å². The molecule has 2 aliphatic heterocycles. The summed E-state index contributed by atoms with van der Waals surface area (Å²) >= 11 is 6.78. The van der Waals surface area contributed by atoms with E-state index in [0.717, 1.165) is 11.3 Å². The number of aromatic nitrogens is 4. The van der Waals surface area contributed by atoms with Gasteiger partial charge in [-0.25, -0.2) is 9.78 Å². The van der Waals surface area contributed by atoms with Crippen LogP contribution in [0.5, 0.6) is 11.5 Å². The summed E-state index contributed by atoms with van der Waals surface area (Å²) in [6.07, 6.45) is 7.50. The van der Waals surface area contributed by atoms with Gasteiger partial charge in [-0.1, -0.05) is 29.8 Å². The topological polar surface area (TPSA) is 161 Å². The zero-order valence-corrected chi connectivity index (χ0v) is 31.0. The van der Waals surface area contributed by atoms with Crippen LogP contribution in [0.2, 0.25) is 5.02 Å². The van der Waals surface area contributed by atoms with Gasteiger partial charge in [0, 0.05) is 61.8 Å². The van der Waals surface area contributed by atoms with Gasteiger partial charge in [-0.15, -0.1) is 0 Å². The van der Waals surface area contributed by atoms with Gasteiger partial charge in [0.05, 0.1) is 47.1 Å². The number of nitrogens with zero attached hydrogens (tertiary/aromatic N) is 9. The quantitative estimate of drug-likeness (QED) is 0.0872. The Labute approximate surface area is 311 Å². The maximum absolute atomic E-state index is 14.5. The minimum atomic E-state index is -0.482. The molecular weight excluding hydrogens is 704 g/mol. The highest BCUT2D eigenvalue weighted by Crippen LogP contribution is 2.43. The van der Waals surface area contributed by atoms with E-state index in [0.29, 0.717) is 78.2 Å². The second kappa shape index (κ2) is 15.5. The number of rotatable bonds is 12. The van der Waals surface area contributed by atoms with Gasteiger partial charge in [0.1, 0.15) is 28.9 Å². The number of hydrogen-bond donors (Lipinski definition) is 1. The first kappa shape index (κ1) is 37.0. The number of quaternary nitrogens is 1. The lowest BCUT2D eigenvalue weighted by Crippen LogP contribution is -2.55. The molecule has 2 aromatic heterocycles. The van der Waals surface area contributed by atoms with E-state index in [-0.39, 0.29) is 35.4 Å². The number of imidazole rings is 1. The number of nitro groups is 1. The number of halogens is 1. The molecule has 16 nitrogen and oxygen atoms in total. The molecule has 53 heavy (non-hydrogen) atoms. The van der Waals surface area contributed by atoms with E-state index in [1.807, 2.05) is 44.4 Å². The molecule has 3 amide bonds. The number of hydrogen-bond acceptors (Lipinski definition) is 10. The van der Waals surface area contributed by atoms with Gasteiger partial charge >= 0.3 is 11.8 Å². The van der Waals surface area contributed by atoms with Gasteiger partial charge in [0.2, 0.25) is 18.2 Å². The van der Waals surface area contributed by atoms with Crippen LogP contribution in [-0.2, 0) is 24.9 Å². The summed E-state index contributed by atoms with van der Waals surface area (Å²) in [6, 6.07) is 12.3. The number of amides is 3. The monoisotopic (exact) mass is 745 g/mol. The largest absolute Gasteiger partial charge is 0.497 e. The molecule has 6 rings (SSSR count). The first-order valence-electron chi connectivity index (χ1n) is 17.0. The fourth-order valence-corrected chi connectivity index (χ4v) is 6.85. The van der Waals surface area contributed by atoms with E-state index in [2.05, 4.69) is 15.3 Å². The van der Waals surface area contributed by atoms with Crippen molar-refractivity contribution in [1.29, 1.82) is 0 Å². The molecule has 0 unspecified atom stereocenters. The van der Waals surface area contributed by atoms with Gasteiger partial charge in [-0.05, 0) is 41.0 Å². The van der Waals surface area contributed by atoms with Crippen molar-refractivity contribution in [1.82, 2.24) is 24.4 Å². The average molecular weight is 746 g/mol. The SMILES string of the molecule is COc1cc(OC)c(Cl)c(N2Cc3cnc(Nc4ccccc4)nc3N(C3CCN(C(=O)/C=C/C[N+](C)(C)Cc4c([N+](=O)[O-])ncn4C)CC3)C2=O)c1. The molecule has 0 saturated carbocycles. The molecule has 0 bridgehead atoms. The third-order valence-electron chi connectivity index (χ3n) is 9.39. The number of urea groups is 1. The maximum Gasteiger partial charge on any atom is 0.390 e. The lowest BCUT2D eigenvalue weighted by Gasteiger charge is -2.43. The van der Waals surface area contributed by atoms with Crippen LogP contribution < -0.4 is 24.6 Å². The predicted molar refractivity (Wildman–Crippen MR) is 200 cm³/mol. The van der Waals surface area contributed by atoms with E-state index in [9.17, 15) is 19.7 Å². The van der Waals surface area contributed by atoms with Gasteiger partial charge in [0.25, 0.3) is 0 Å². The molecule has 2 aliphatic rings. The highest BCUT2D eigenvalue weighted by Gasteiger charge is 2.40. The lowest BCUT2D eigenvalue weighted by molar-refractivity contribution is -0.898. The molecule has 17 heteroatoms. The molecule has 4 aromatic rings. The number of benzene rings is 2. The predicted octanol–water partition coefficient (Wildman–Crippen LogP) is 5.30. The van der Waals surface area contributed by atoms with Gasteiger partial charge in [-0.3, -0.25) is 14.6 Å². The van der Waals surface area contributed by atoms with Crippen molar-refractivity contribution < 1.29 is 28.5 Å². The number of anilines is 4. The number of fused-ring (bicyclic) bond motifs is 1. The van der Waals surface area contributed by atoms with E-state index in [1.165, 1.54) is 20.5 Å². The normalized spacial score (nSPS) is 15.1. The Hall–Kier alpha value is -5.74. The van der Waals surface area contributed by atoms with Crippen molar-refractivity contribution in [3.05, 3.63) is 93.5 Å².